The maximum Gasteiger partial charge on any atom is 2.00 e. The molecule has 0 heterocycles. The van der Waals surface area contributed by atoms with Gasteiger partial charge in [-0.15, -0.1) is 0 Å². The first-order valence-corrected chi connectivity index (χ1v) is 19.5. The van der Waals surface area contributed by atoms with Gasteiger partial charge in [0.1, 0.15) is 0 Å². The Morgan fingerprint density at radius 2 is 0.579 bits per heavy atom. The number of hydrogen-bond acceptors (Lipinski definition) is 2. The van der Waals surface area contributed by atoms with E-state index in [1.807, 2.05) is 0 Å². The fraction of sp³-hybridized carbons (Fsp3) is 0. The van der Waals surface area contributed by atoms with Crippen LogP contribution in [0.3, 0.4) is 0 Å². The molecule has 4 aromatic carbocycles. The van der Waals surface area contributed by atoms with Gasteiger partial charge >= 0.3 is 57.4 Å². The summed E-state index contributed by atoms with van der Waals surface area (Å²) in [7, 11) is -0.818. The molecule has 8 rings (SSSR count). The molecular weight excluding hydrogens is 921 g/mol. The smallest absolute Gasteiger partial charge is 0.0622 e. The molecule has 57 heavy (non-hydrogen) atoms. The van der Waals surface area contributed by atoms with Gasteiger partial charge < -0.3 is 10.2 Å². The van der Waals surface area contributed by atoms with Crippen LogP contribution in [-0.2, 0) is 67.9 Å². The van der Waals surface area contributed by atoms with Crippen LogP contribution in [-0.4, -0.2) is 22.2 Å². The summed E-state index contributed by atoms with van der Waals surface area (Å²) in [6.45, 7) is 4.50. The minimum absolute atomic E-state index is 0. The summed E-state index contributed by atoms with van der Waals surface area (Å²) < 4.78 is 7.50. The summed E-state index contributed by atoms with van der Waals surface area (Å²) in [4.78, 5) is 20.1. The minimum atomic E-state index is -0.866. The topological polar surface area (TPSA) is 94.5 Å². The van der Waals surface area contributed by atoms with Crippen molar-refractivity contribution in [1.82, 2.24) is 0 Å². The molecule has 0 atom stereocenters. The van der Waals surface area contributed by atoms with Gasteiger partial charge in [0.2, 0.25) is 0 Å². The summed E-state index contributed by atoms with van der Waals surface area (Å²) in [5.41, 5.74) is 2.84. The van der Waals surface area contributed by atoms with Gasteiger partial charge in [-0.2, -0.15) is 0 Å². The molecule has 4 saturated carbocycles. The van der Waals surface area contributed by atoms with Crippen LogP contribution in [0.5, 0.6) is 0 Å². The molecule has 287 valence electrons. The van der Waals surface area contributed by atoms with Crippen molar-refractivity contribution in [3.05, 3.63) is 254 Å². The molecule has 0 aromatic heterocycles. The molecule has 0 bridgehead atoms. The van der Waals surface area contributed by atoms with Crippen molar-refractivity contribution in [3.8, 4) is 0 Å². The van der Waals surface area contributed by atoms with Gasteiger partial charge in [-0.3, -0.25) is 9.59 Å². The maximum absolute atomic E-state index is 10.1. The monoisotopic (exact) mass is 959 g/mol. The van der Waals surface area contributed by atoms with Gasteiger partial charge in [0.25, 0.3) is 0 Å². The van der Waals surface area contributed by atoms with Gasteiger partial charge in [-0.05, 0) is 140 Å². The summed E-state index contributed by atoms with van der Waals surface area (Å²) in [6.07, 6.45) is 30.4. The molecule has 4 aliphatic rings. The fourth-order valence-electron chi connectivity index (χ4n) is 5.26. The number of carboxylic acids is 2. The van der Waals surface area contributed by atoms with Crippen LogP contribution in [0.1, 0.15) is 0 Å². The third kappa shape index (κ3) is 18.1. The zero-order valence-electron chi connectivity index (χ0n) is 30.3. The van der Waals surface area contributed by atoms with E-state index in [1.165, 1.54) is 32.5 Å². The minimum Gasteiger partial charge on any atom is -0.0622 e. The summed E-state index contributed by atoms with van der Waals surface area (Å²) >= 11 is 0. The average Bonchev–Trinajstić information content (AvgIpc) is 4.08. The zero-order valence-corrected chi connectivity index (χ0v) is 36.0. The Bertz CT molecular complexity index is 1430. The van der Waals surface area contributed by atoms with Crippen molar-refractivity contribution < 1.29 is 78.1 Å². The van der Waals surface area contributed by atoms with Crippen LogP contribution < -0.4 is 21.2 Å². The molecule has 2 N–H and O–H groups in total. The largest absolute Gasteiger partial charge is 2.00 e. The second kappa shape index (κ2) is 31.0. The average molecular weight is 959 g/mol. The Morgan fingerprint density at radius 3 is 0.754 bits per heavy atom. The quantitative estimate of drug-likeness (QED) is 0.0815. The van der Waals surface area contributed by atoms with Crippen molar-refractivity contribution in [2.45, 2.75) is 0 Å². The van der Waals surface area contributed by atoms with E-state index >= 15 is 0 Å². The fourth-order valence-corrected chi connectivity index (χ4v) is 9.87. The zero-order chi connectivity index (χ0) is 38.4. The normalized spacial score (nSPS) is 16.4. The predicted molar refractivity (Wildman–Crippen MR) is 219 cm³/mol. The SMILES string of the molecule is O=C(O)[C]1[CH][CH][CH][CH]1.O=C(O)[C]1[CH][CH][CH][CH]1.[C-]#[O+].[CH]1[CH][CH][C](P(c2ccccc2)c2ccccc2)[CH]1.[CH]1[CH][CH][C](P(c2ccccc2)c2ccccc2)[CH]1.[Fe+2].[Fe+2].[Rh]. The van der Waals surface area contributed by atoms with E-state index in [0.717, 1.165) is 0 Å². The van der Waals surface area contributed by atoms with Gasteiger partial charge in [-0.25, -0.2) is 0 Å². The molecule has 0 unspecified atom stereocenters. The molecule has 0 amide bonds. The van der Waals surface area contributed by atoms with Crippen molar-refractivity contribution in [1.29, 1.82) is 0 Å². The van der Waals surface area contributed by atoms with Crippen LogP contribution in [0.25, 0.3) is 0 Å². The van der Waals surface area contributed by atoms with Crippen molar-refractivity contribution in [2.75, 3.05) is 0 Å². The Hall–Kier alpha value is -1.92. The second-order valence-electron chi connectivity index (χ2n) is 11.3. The molecule has 21 radical (unpaired) electrons. The molecule has 4 fully saturated rings. The first-order chi connectivity index (χ1) is 26.5. The van der Waals surface area contributed by atoms with Gasteiger partial charge in [0.05, 0.1) is 11.8 Å². The van der Waals surface area contributed by atoms with Crippen LogP contribution in [0.2, 0.25) is 0 Å². The first-order valence-electron chi connectivity index (χ1n) is 16.9. The third-order valence-electron chi connectivity index (χ3n) is 7.68. The number of carbonyl (C=O) groups is 2. The van der Waals surface area contributed by atoms with E-state index in [9.17, 15) is 9.59 Å². The molecular formula is C47H38Fe2O5P2Rh+4. The number of hydrogen-bond donors (Lipinski definition) is 2. The number of benzene rings is 4. The van der Waals surface area contributed by atoms with Crippen LogP contribution >= 0.6 is 15.8 Å². The van der Waals surface area contributed by atoms with E-state index in [0.29, 0.717) is 11.8 Å². The van der Waals surface area contributed by atoms with Gasteiger partial charge in [0.15, 0.2) is 0 Å². The summed E-state index contributed by atoms with van der Waals surface area (Å²) in [5.74, 6) is -1.03. The second-order valence-corrected chi connectivity index (χ2v) is 15.7. The Morgan fingerprint density at radius 1 is 0.386 bits per heavy atom. The molecule has 0 saturated heterocycles. The molecule has 0 spiro atoms. The van der Waals surface area contributed by atoms with E-state index in [-0.39, 0.29) is 53.6 Å². The Kier molecular flexibility index (Phi) is 28.9. The van der Waals surface area contributed by atoms with Crippen molar-refractivity contribution in [3.63, 3.8) is 0 Å². The molecule has 0 aliphatic heterocycles. The number of aliphatic carboxylic acids is 2. The molecule has 4 aromatic rings. The standard InChI is InChI=1S/2C17H14P.2C6H5O2.CO.2Fe.Rh/c2*1-3-9-15(10-4-1)18(17-13-7-8-14-17)16-11-5-2-6-12-16;2*7-6(8)5-3-1-2-4-5;1-2;;;/h2*1-14H;2*1-4H,(H,7,8);;;;/q;;;;;2*+2;. The number of rotatable bonds is 8. The van der Waals surface area contributed by atoms with Gasteiger partial charge in [0, 0.05) is 30.8 Å². The van der Waals surface area contributed by atoms with E-state index in [4.69, 9.17) is 14.9 Å². The predicted octanol–water partition coefficient (Wildman–Crippen LogP) is 7.87. The third-order valence-corrected chi connectivity index (χ3v) is 12.6. The first kappa shape index (κ1) is 53.1. The van der Waals surface area contributed by atoms with Crippen molar-refractivity contribution >= 4 is 49.0 Å². The molecule has 10 heteroatoms. The van der Waals surface area contributed by atoms with Crippen molar-refractivity contribution in [2.24, 2.45) is 0 Å². The van der Waals surface area contributed by atoms with E-state index in [1.54, 1.807) is 51.4 Å². The van der Waals surface area contributed by atoms with Gasteiger partial charge in [-0.1, -0.05) is 121 Å². The molecule has 5 nitrogen and oxygen atoms in total. The van der Waals surface area contributed by atoms with Crippen LogP contribution in [0.15, 0.2) is 121 Å². The Balaban J connectivity index is 0.000000391. The van der Waals surface area contributed by atoms with E-state index < -0.39 is 27.8 Å². The maximum atomic E-state index is 10.1. The van der Waals surface area contributed by atoms with Crippen LogP contribution in [0, 0.1) is 133 Å². The Labute approximate surface area is 378 Å². The number of carboxylic acid groups (broad SMARTS) is 2. The summed E-state index contributed by atoms with van der Waals surface area (Å²) in [5, 5.41) is 22.2. The molecule has 4 aliphatic carbocycles. The summed E-state index contributed by atoms with van der Waals surface area (Å²) in [6, 6.07) is 43.1. The van der Waals surface area contributed by atoms with E-state index in [2.05, 4.69) is 179 Å². The van der Waals surface area contributed by atoms with Crippen LogP contribution in [0.4, 0.5) is 0 Å².